The van der Waals surface area contributed by atoms with Crippen molar-refractivity contribution in [3.63, 3.8) is 0 Å². The molecule has 28 heavy (non-hydrogen) atoms. The molecule has 3 aromatic rings. The van der Waals surface area contributed by atoms with E-state index in [4.69, 9.17) is 0 Å². The number of nitrogens with zero attached hydrogens (tertiary/aromatic N) is 4. The highest BCUT2D eigenvalue weighted by Crippen LogP contribution is 2.39. The quantitative estimate of drug-likeness (QED) is 0.693. The Morgan fingerprint density at radius 2 is 1.86 bits per heavy atom. The first-order valence-corrected chi connectivity index (χ1v) is 10.5. The molecule has 8 heteroatoms. The summed E-state index contributed by atoms with van der Waals surface area (Å²) in [5.41, 5.74) is 0.305. The van der Waals surface area contributed by atoms with Gasteiger partial charge in [-0.25, -0.2) is 4.79 Å². The number of rotatable bonds is 6. The van der Waals surface area contributed by atoms with E-state index >= 15 is 0 Å². The van der Waals surface area contributed by atoms with E-state index in [2.05, 4.69) is 15.7 Å². The van der Waals surface area contributed by atoms with E-state index in [0.717, 1.165) is 36.2 Å². The maximum atomic E-state index is 13.1. The molecule has 0 atom stereocenters. The maximum absolute atomic E-state index is 13.1. The average Bonchev–Trinajstić information content (AvgIpc) is 3.39. The molecule has 4 rings (SSSR count). The van der Waals surface area contributed by atoms with Gasteiger partial charge in [-0.2, -0.15) is 9.36 Å². The molecule has 1 amide bonds. The third kappa shape index (κ3) is 3.52. The molecule has 0 aliphatic heterocycles. The molecule has 0 spiro atoms. The number of nitrogens with one attached hydrogen (secondary N) is 1. The van der Waals surface area contributed by atoms with Gasteiger partial charge in [-0.05, 0) is 46.3 Å². The molecule has 1 aromatic carbocycles. The van der Waals surface area contributed by atoms with E-state index in [1.54, 1.807) is 0 Å². The van der Waals surface area contributed by atoms with Crippen molar-refractivity contribution >= 4 is 17.2 Å². The summed E-state index contributed by atoms with van der Waals surface area (Å²) in [5, 5.41) is 13.5. The fraction of sp³-hybridized carbons (Fsp3) is 0.400. The zero-order chi connectivity index (χ0) is 19.4. The Bertz CT molecular complexity index is 972. The van der Waals surface area contributed by atoms with E-state index in [1.807, 2.05) is 47.8 Å². The second-order valence-electron chi connectivity index (χ2n) is 7.11. The van der Waals surface area contributed by atoms with Crippen LogP contribution < -0.4 is 11.0 Å². The zero-order valence-electron chi connectivity index (χ0n) is 15.6. The van der Waals surface area contributed by atoms with Gasteiger partial charge in [0.15, 0.2) is 0 Å². The molecule has 0 unspecified atom stereocenters. The number of carbonyl (C=O) groups excluding carboxylic acids is 1. The van der Waals surface area contributed by atoms with E-state index in [1.165, 1.54) is 27.1 Å². The molecule has 0 radical (unpaired) electrons. The molecule has 2 heterocycles. The van der Waals surface area contributed by atoms with E-state index < -0.39 is 5.41 Å². The van der Waals surface area contributed by atoms with Gasteiger partial charge >= 0.3 is 5.69 Å². The lowest BCUT2D eigenvalue weighted by molar-refractivity contribution is -0.128. The molecule has 7 nitrogen and oxygen atoms in total. The minimum atomic E-state index is -0.473. The maximum Gasteiger partial charge on any atom is 0.369 e. The lowest BCUT2D eigenvalue weighted by Crippen LogP contribution is -2.47. The SMILES string of the molecule is O=C(NCCn1nnn(-c2cccs2)c1=O)C1(c2ccccc2)CCCCC1. The second kappa shape index (κ2) is 8.10. The van der Waals surface area contributed by atoms with Crippen molar-refractivity contribution in [1.29, 1.82) is 0 Å². The van der Waals surface area contributed by atoms with Crippen LogP contribution in [-0.2, 0) is 16.8 Å². The minimum Gasteiger partial charge on any atom is -0.353 e. The predicted octanol–water partition coefficient (Wildman–Crippen LogP) is 2.51. The van der Waals surface area contributed by atoms with Crippen molar-refractivity contribution in [2.75, 3.05) is 6.54 Å². The largest absolute Gasteiger partial charge is 0.369 e. The number of carbonyl (C=O) groups is 1. The van der Waals surface area contributed by atoms with Gasteiger partial charge in [-0.15, -0.1) is 11.3 Å². The third-order valence-corrected chi connectivity index (χ3v) is 6.28. The molecular weight excluding hydrogens is 374 g/mol. The normalized spacial score (nSPS) is 16.0. The van der Waals surface area contributed by atoms with Gasteiger partial charge in [0.2, 0.25) is 5.91 Å². The lowest BCUT2D eigenvalue weighted by atomic mass is 9.68. The Kier molecular flexibility index (Phi) is 5.38. The van der Waals surface area contributed by atoms with Crippen LogP contribution in [0.25, 0.3) is 5.00 Å². The number of thiophene rings is 1. The highest BCUT2D eigenvalue weighted by Gasteiger charge is 2.40. The van der Waals surface area contributed by atoms with Gasteiger partial charge in [-0.3, -0.25) is 4.79 Å². The molecule has 1 aliphatic carbocycles. The van der Waals surface area contributed by atoms with Crippen LogP contribution in [-0.4, -0.2) is 32.2 Å². The molecule has 146 valence electrons. The van der Waals surface area contributed by atoms with Crippen LogP contribution in [0.3, 0.4) is 0 Å². The molecule has 1 saturated carbocycles. The topological polar surface area (TPSA) is 81.8 Å². The van der Waals surface area contributed by atoms with Crippen LogP contribution in [0, 0.1) is 0 Å². The van der Waals surface area contributed by atoms with Crippen molar-refractivity contribution in [2.24, 2.45) is 0 Å². The van der Waals surface area contributed by atoms with Gasteiger partial charge in [0.25, 0.3) is 0 Å². The van der Waals surface area contributed by atoms with Gasteiger partial charge in [0.05, 0.1) is 12.0 Å². The molecule has 0 bridgehead atoms. The summed E-state index contributed by atoms with van der Waals surface area (Å²) in [4.78, 5) is 25.6. The third-order valence-electron chi connectivity index (χ3n) is 5.43. The Morgan fingerprint density at radius 3 is 2.57 bits per heavy atom. The van der Waals surface area contributed by atoms with Gasteiger partial charge in [0.1, 0.15) is 5.00 Å². The Labute approximate surface area is 167 Å². The zero-order valence-corrected chi connectivity index (χ0v) is 16.4. The molecule has 2 aromatic heterocycles. The van der Waals surface area contributed by atoms with E-state index in [9.17, 15) is 9.59 Å². The van der Waals surface area contributed by atoms with Crippen LogP contribution in [0.15, 0.2) is 52.6 Å². The molecule has 1 fully saturated rings. The van der Waals surface area contributed by atoms with Crippen molar-refractivity contribution in [3.05, 3.63) is 63.9 Å². The number of benzene rings is 1. The fourth-order valence-corrected chi connectivity index (χ4v) is 4.62. The summed E-state index contributed by atoms with van der Waals surface area (Å²) >= 11 is 1.43. The first-order chi connectivity index (χ1) is 13.7. The van der Waals surface area contributed by atoms with Gasteiger partial charge in [-0.1, -0.05) is 49.6 Å². The number of hydrogen-bond donors (Lipinski definition) is 1. The van der Waals surface area contributed by atoms with Crippen LogP contribution in [0.1, 0.15) is 37.7 Å². The summed E-state index contributed by atoms with van der Waals surface area (Å²) in [6, 6.07) is 13.7. The Morgan fingerprint density at radius 1 is 1.07 bits per heavy atom. The molecule has 1 N–H and O–H groups in total. The molecular formula is C20H23N5O2S. The van der Waals surface area contributed by atoms with Gasteiger partial charge in [0, 0.05) is 6.54 Å². The summed E-state index contributed by atoms with van der Waals surface area (Å²) in [7, 11) is 0. The minimum absolute atomic E-state index is 0.0390. The number of hydrogen-bond acceptors (Lipinski definition) is 5. The van der Waals surface area contributed by atoms with Crippen molar-refractivity contribution in [2.45, 2.75) is 44.1 Å². The summed E-state index contributed by atoms with van der Waals surface area (Å²) in [6.45, 7) is 0.636. The average molecular weight is 398 g/mol. The van der Waals surface area contributed by atoms with Crippen LogP contribution in [0.4, 0.5) is 0 Å². The number of tetrazole rings is 1. The van der Waals surface area contributed by atoms with E-state index in [-0.39, 0.29) is 11.6 Å². The first kappa shape index (κ1) is 18.6. The van der Waals surface area contributed by atoms with Crippen LogP contribution in [0.5, 0.6) is 0 Å². The van der Waals surface area contributed by atoms with Crippen molar-refractivity contribution in [1.82, 2.24) is 25.1 Å². The number of amides is 1. The highest BCUT2D eigenvalue weighted by molar-refractivity contribution is 7.12. The van der Waals surface area contributed by atoms with Gasteiger partial charge < -0.3 is 5.32 Å². The highest BCUT2D eigenvalue weighted by atomic mass is 32.1. The molecule has 0 saturated heterocycles. The smallest absolute Gasteiger partial charge is 0.353 e. The van der Waals surface area contributed by atoms with Crippen molar-refractivity contribution in [3.8, 4) is 5.00 Å². The van der Waals surface area contributed by atoms with E-state index in [0.29, 0.717) is 13.1 Å². The monoisotopic (exact) mass is 397 g/mol. The Hall–Kier alpha value is -2.74. The Balaban J connectivity index is 1.44. The molecule has 1 aliphatic rings. The summed E-state index contributed by atoms with van der Waals surface area (Å²) < 4.78 is 2.56. The van der Waals surface area contributed by atoms with Crippen molar-refractivity contribution < 1.29 is 4.79 Å². The predicted molar refractivity (Wildman–Crippen MR) is 108 cm³/mol. The first-order valence-electron chi connectivity index (χ1n) is 9.61. The number of aromatic nitrogens is 4. The standard InChI is InChI=1S/C20H23N5O2S/c26-18(20(11-5-2-6-12-20)16-8-3-1-4-9-16)21-13-14-24-19(27)25(23-22-24)17-10-7-15-28-17/h1,3-4,7-10,15H,2,5-6,11-14H2,(H,21,26). The summed E-state index contributed by atoms with van der Waals surface area (Å²) in [6.07, 6.45) is 4.99. The summed E-state index contributed by atoms with van der Waals surface area (Å²) in [5.74, 6) is 0.0390. The fourth-order valence-electron chi connectivity index (χ4n) is 3.95. The van der Waals surface area contributed by atoms with Crippen LogP contribution >= 0.6 is 11.3 Å². The van der Waals surface area contributed by atoms with Crippen LogP contribution in [0.2, 0.25) is 0 Å². The second-order valence-corrected chi connectivity index (χ2v) is 8.04. The lowest BCUT2D eigenvalue weighted by Gasteiger charge is -2.36.